The molecule has 5 heteroatoms. The molecule has 0 aliphatic heterocycles. The highest BCUT2D eigenvalue weighted by molar-refractivity contribution is 5.88. The van der Waals surface area contributed by atoms with Crippen LogP contribution < -0.4 is 4.90 Å². The number of pyridine rings is 1. The van der Waals surface area contributed by atoms with Gasteiger partial charge in [0.15, 0.2) is 0 Å². The van der Waals surface area contributed by atoms with Crippen LogP contribution in [0, 0.1) is 10.1 Å². The van der Waals surface area contributed by atoms with E-state index in [1.165, 1.54) is 6.07 Å². The van der Waals surface area contributed by atoms with Gasteiger partial charge in [-0.25, -0.2) is 4.98 Å². The summed E-state index contributed by atoms with van der Waals surface area (Å²) in [5.74, 6) is 0. The zero-order valence-corrected chi connectivity index (χ0v) is 13.5. The van der Waals surface area contributed by atoms with E-state index in [0.29, 0.717) is 11.2 Å². The molecule has 2 aromatic carbocycles. The van der Waals surface area contributed by atoms with Crippen LogP contribution in [0.1, 0.15) is 11.3 Å². The number of non-ortho nitro benzene ring substituents is 1. The van der Waals surface area contributed by atoms with Crippen molar-refractivity contribution in [3.8, 4) is 0 Å². The summed E-state index contributed by atoms with van der Waals surface area (Å²) in [6, 6.07) is 16.8. The van der Waals surface area contributed by atoms with Crippen LogP contribution in [0.25, 0.3) is 23.1 Å². The Morgan fingerprint density at radius 3 is 2.42 bits per heavy atom. The van der Waals surface area contributed by atoms with E-state index in [1.807, 2.05) is 73.6 Å². The zero-order chi connectivity index (χ0) is 17.1. The number of rotatable bonds is 4. The lowest BCUT2D eigenvalue weighted by Gasteiger charge is -2.11. The first kappa shape index (κ1) is 15.7. The van der Waals surface area contributed by atoms with Gasteiger partial charge in [0.25, 0.3) is 5.69 Å². The molecule has 0 aliphatic carbocycles. The first-order chi connectivity index (χ1) is 11.5. The highest BCUT2D eigenvalue weighted by Gasteiger charge is 2.12. The van der Waals surface area contributed by atoms with Crippen molar-refractivity contribution in [1.82, 2.24) is 4.98 Å². The minimum Gasteiger partial charge on any atom is -0.378 e. The molecule has 0 amide bonds. The quantitative estimate of drug-likeness (QED) is 0.529. The summed E-state index contributed by atoms with van der Waals surface area (Å²) >= 11 is 0. The molecule has 0 saturated heterocycles. The third kappa shape index (κ3) is 3.25. The van der Waals surface area contributed by atoms with Gasteiger partial charge in [0.2, 0.25) is 0 Å². The van der Waals surface area contributed by atoms with E-state index in [4.69, 9.17) is 0 Å². The number of fused-ring (bicyclic) bond motifs is 1. The van der Waals surface area contributed by atoms with Gasteiger partial charge in [-0.05, 0) is 29.8 Å². The van der Waals surface area contributed by atoms with Crippen molar-refractivity contribution < 1.29 is 4.92 Å². The molecule has 1 aromatic heterocycles. The van der Waals surface area contributed by atoms with Crippen LogP contribution in [0.3, 0.4) is 0 Å². The first-order valence-corrected chi connectivity index (χ1v) is 7.54. The summed E-state index contributed by atoms with van der Waals surface area (Å²) in [7, 11) is 3.99. The molecular weight excluding hydrogens is 302 g/mol. The van der Waals surface area contributed by atoms with Crippen LogP contribution in [0.4, 0.5) is 11.4 Å². The Kier molecular flexibility index (Phi) is 4.24. The predicted molar refractivity (Wildman–Crippen MR) is 98.1 cm³/mol. The van der Waals surface area contributed by atoms with Gasteiger partial charge in [0.05, 0.1) is 10.6 Å². The molecule has 1 heterocycles. The van der Waals surface area contributed by atoms with Crippen molar-refractivity contribution in [2.45, 2.75) is 0 Å². The van der Waals surface area contributed by atoms with Gasteiger partial charge >= 0.3 is 0 Å². The average Bonchev–Trinajstić information content (AvgIpc) is 2.59. The van der Waals surface area contributed by atoms with Gasteiger partial charge in [-0.2, -0.15) is 0 Å². The third-order valence-electron chi connectivity index (χ3n) is 3.77. The van der Waals surface area contributed by atoms with Gasteiger partial charge < -0.3 is 4.90 Å². The molecule has 0 fully saturated rings. The Morgan fingerprint density at radius 1 is 1.00 bits per heavy atom. The molecule has 0 saturated carbocycles. The maximum atomic E-state index is 11.1. The van der Waals surface area contributed by atoms with Crippen LogP contribution in [0.15, 0.2) is 54.6 Å². The minimum atomic E-state index is -0.400. The SMILES string of the molecule is CN(C)c1ccc(C=Cc2ccc3cccc([N+](=O)[O-])c3n2)cc1. The van der Waals surface area contributed by atoms with Crippen molar-refractivity contribution >= 4 is 34.4 Å². The summed E-state index contributed by atoms with van der Waals surface area (Å²) in [5, 5.41) is 11.9. The van der Waals surface area contributed by atoms with Crippen LogP contribution in [0.5, 0.6) is 0 Å². The lowest BCUT2D eigenvalue weighted by molar-refractivity contribution is -0.383. The molecule has 5 nitrogen and oxygen atoms in total. The van der Waals surface area contributed by atoms with E-state index in [0.717, 1.165) is 16.6 Å². The third-order valence-corrected chi connectivity index (χ3v) is 3.77. The van der Waals surface area contributed by atoms with E-state index in [1.54, 1.807) is 6.07 Å². The monoisotopic (exact) mass is 319 g/mol. The second-order valence-corrected chi connectivity index (χ2v) is 5.66. The highest BCUT2D eigenvalue weighted by atomic mass is 16.6. The van der Waals surface area contributed by atoms with E-state index in [2.05, 4.69) is 4.98 Å². The Labute approximate surface area is 140 Å². The van der Waals surface area contributed by atoms with Crippen LogP contribution in [0.2, 0.25) is 0 Å². The van der Waals surface area contributed by atoms with Crippen molar-refractivity contribution in [3.05, 3.63) is 76.0 Å². The average molecular weight is 319 g/mol. The number of anilines is 1. The van der Waals surface area contributed by atoms with Crippen molar-refractivity contribution in [3.63, 3.8) is 0 Å². The predicted octanol–water partition coefficient (Wildman–Crippen LogP) is 4.38. The van der Waals surface area contributed by atoms with Gasteiger partial charge in [-0.1, -0.05) is 36.4 Å². The van der Waals surface area contributed by atoms with Crippen molar-refractivity contribution in [2.24, 2.45) is 0 Å². The second-order valence-electron chi connectivity index (χ2n) is 5.66. The Hall–Kier alpha value is -3.21. The maximum Gasteiger partial charge on any atom is 0.295 e. The normalized spacial score (nSPS) is 11.1. The summed E-state index contributed by atoms with van der Waals surface area (Å²) in [4.78, 5) is 17.2. The van der Waals surface area contributed by atoms with Crippen LogP contribution >= 0.6 is 0 Å². The van der Waals surface area contributed by atoms with Crippen molar-refractivity contribution in [2.75, 3.05) is 19.0 Å². The largest absolute Gasteiger partial charge is 0.378 e. The topological polar surface area (TPSA) is 59.3 Å². The first-order valence-electron chi connectivity index (χ1n) is 7.54. The van der Waals surface area contributed by atoms with Gasteiger partial charge in [-0.15, -0.1) is 0 Å². The number of nitro benzene ring substituents is 1. The molecule has 0 radical (unpaired) electrons. The lowest BCUT2D eigenvalue weighted by Crippen LogP contribution is -2.07. The maximum absolute atomic E-state index is 11.1. The molecular formula is C19H17N3O2. The zero-order valence-electron chi connectivity index (χ0n) is 13.5. The van der Waals surface area contributed by atoms with E-state index in [-0.39, 0.29) is 5.69 Å². The van der Waals surface area contributed by atoms with Crippen LogP contribution in [-0.2, 0) is 0 Å². The van der Waals surface area contributed by atoms with Gasteiger partial charge in [0, 0.05) is 31.2 Å². The summed E-state index contributed by atoms with van der Waals surface area (Å²) in [5.41, 5.74) is 3.30. The standard InChI is InChI=1S/C19H17N3O2/c1-21(2)17-12-7-14(8-13-17)6-10-16-11-9-15-4-3-5-18(22(23)24)19(15)20-16/h3-13H,1-2H3. The molecule has 0 bridgehead atoms. The Bertz CT molecular complexity index is 916. The molecule has 3 aromatic rings. The minimum absolute atomic E-state index is 0.0260. The van der Waals surface area contributed by atoms with Gasteiger partial charge in [0.1, 0.15) is 5.52 Å². The Morgan fingerprint density at radius 2 is 1.75 bits per heavy atom. The fraction of sp³-hybridized carbons (Fsp3) is 0.105. The number of hydrogen-bond acceptors (Lipinski definition) is 4. The molecule has 0 aliphatic rings. The molecule has 0 N–H and O–H groups in total. The number of para-hydroxylation sites is 1. The van der Waals surface area contributed by atoms with E-state index >= 15 is 0 Å². The molecule has 0 unspecified atom stereocenters. The van der Waals surface area contributed by atoms with E-state index in [9.17, 15) is 10.1 Å². The summed E-state index contributed by atoms with van der Waals surface area (Å²) in [6.45, 7) is 0. The number of aromatic nitrogens is 1. The fourth-order valence-corrected chi connectivity index (χ4v) is 2.45. The van der Waals surface area contributed by atoms with E-state index < -0.39 is 4.92 Å². The lowest BCUT2D eigenvalue weighted by atomic mass is 10.1. The molecule has 24 heavy (non-hydrogen) atoms. The highest BCUT2D eigenvalue weighted by Crippen LogP contribution is 2.24. The second kappa shape index (κ2) is 6.50. The molecule has 3 rings (SSSR count). The summed E-state index contributed by atoms with van der Waals surface area (Å²) < 4.78 is 0. The van der Waals surface area contributed by atoms with Crippen molar-refractivity contribution in [1.29, 1.82) is 0 Å². The smallest absolute Gasteiger partial charge is 0.295 e. The molecule has 120 valence electrons. The fourth-order valence-electron chi connectivity index (χ4n) is 2.45. The Balaban J connectivity index is 1.92. The van der Waals surface area contributed by atoms with Crippen LogP contribution in [-0.4, -0.2) is 24.0 Å². The number of hydrogen-bond donors (Lipinski definition) is 0. The van der Waals surface area contributed by atoms with Gasteiger partial charge in [-0.3, -0.25) is 10.1 Å². The molecule has 0 spiro atoms. The molecule has 0 atom stereocenters. The number of nitro groups is 1. The number of nitrogens with zero attached hydrogens (tertiary/aromatic N) is 3. The number of benzene rings is 2. The summed E-state index contributed by atoms with van der Waals surface area (Å²) in [6.07, 6.45) is 3.81.